The van der Waals surface area contributed by atoms with Crippen molar-refractivity contribution >= 4 is 33.4 Å². The van der Waals surface area contributed by atoms with Crippen molar-refractivity contribution in [3.63, 3.8) is 0 Å². The minimum absolute atomic E-state index is 0.295. The number of halogens is 1. The predicted octanol–water partition coefficient (Wildman–Crippen LogP) is 4.15. The van der Waals surface area contributed by atoms with Gasteiger partial charge in [-0.2, -0.15) is 9.61 Å². The Balaban J connectivity index is 1.55. The first-order valence-electron chi connectivity index (χ1n) is 9.42. The Labute approximate surface area is 169 Å². The molecule has 30 heavy (non-hydrogen) atoms. The summed E-state index contributed by atoms with van der Waals surface area (Å²) in [7, 11) is 1.95. The van der Waals surface area contributed by atoms with Gasteiger partial charge in [0.15, 0.2) is 5.65 Å². The van der Waals surface area contributed by atoms with E-state index in [1.165, 1.54) is 12.1 Å². The number of aromatic amines is 1. The Bertz CT molecular complexity index is 1590. The summed E-state index contributed by atoms with van der Waals surface area (Å²) in [4.78, 5) is 12.4. The molecular weight excluding hydrogens is 381 g/mol. The van der Waals surface area contributed by atoms with Crippen LogP contribution in [-0.2, 0) is 7.05 Å². The normalized spacial score (nSPS) is 11.8. The van der Waals surface area contributed by atoms with E-state index >= 15 is 0 Å². The number of aryl methyl sites for hydroxylation is 1. The van der Waals surface area contributed by atoms with E-state index in [0.717, 1.165) is 38.8 Å². The highest BCUT2D eigenvalue weighted by Gasteiger charge is 2.16. The molecule has 0 aliphatic carbocycles. The van der Waals surface area contributed by atoms with Crippen LogP contribution in [0.2, 0.25) is 0 Å². The van der Waals surface area contributed by atoms with Crippen molar-refractivity contribution in [2.75, 3.05) is 5.73 Å². The molecule has 0 radical (unpaired) electrons. The molecule has 146 valence electrons. The first-order chi connectivity index (χ1) is 14.6. The van der Waals surface area contributed by atoms with Crippen LogP contribution in [0, 0.1) is 5.82 Å². The fourth-order valence-corrected chi connectivity index (χ4v) is 3.99. The second-order valence-corrected chi connectivity index (χ2v) is 7.29. The lowest BCUT2D eigenvalue weighted by molar-refractivity contribution is 0.630. The average molecular weight is 397 g/mol. The zero-order chi connectivity index (χ0) is 20.4. The highest BCUT2D eigenvalue weighted by atomic mass is 19.1. The predicted molar refractivity (Wildman–Crippen MR) is 114 cm³/mol. The standard InChI is InChI=1S/C22H16FN7/c1-29-11-16(13-3-2-6-25-22(13)29)18-8-20(24)30-21(27-18)9-19(28-30)15-10-26-17-5-4-12(23)7-14(15)17/h2-11,26H,24H2,1H3. The van der Waals surface area contributed by atoms with Crippen LogP contribution in [0.1, 0.15) is 0 Å². The van der Waals surface area contributed by atoms with E-state index in [2.05, 4.69) is 15.1 Å². The number of nitrogen functional groups attached to an aromatic ring is 1. The van der Waals surface area contributed by atoms with Gasteiger partial charge in [0.05, 0.1) is 11.4 Å². The number of benzene rings is 1. The summed E-state index contributed by atoms with van der Waals surface area (Å²) in [5.74, 6) is 0.171. The first-order valence-corrected chi connectivity index (χ1v) is 9.42. The maximum absolute atomic E-state index is 13.8. The van der Waals surface area contributed by atoms with E-state index in [1.807, 2.05) is 42.2 Å². The molecule has 0 amide bonds. The molecule has 0 saturated carbocycles. The number of hydrogen-bond acceptors (Lipinski definition) is 4. The van der Waals surface area contributed by atoms with Gasteiger partial charge in [0.1, 0.15) is 17.3 Å². The third-order valence-electron chi connectivity index (χ3n) is 5.38. The van der Waals surface area contributed by atoms with E-state index in [-0.39, 0.29) is 5.82 Å². The number of nitrogens with zero attached hydrogens (tertiary/aromatic N) is 5. The van der Waals surface area contributed by atoms with Crippen LogP contribution in [0.4, 0.5) is 10.2 Å². The Hall–Kier alpha value is -4.20. The van der Waals surface area contributed by atoms with Crippen LogP contribution in [0.3, 0.4) is 0 Å². The SMILES string of the molecule is Cn1cc(-c2cc(N)n3nc(-c4c[nH]c5ccc(F)cc45)cc3n2)c2cccnc21. The van der Waals surface area contributed by atoms with Crippen molar-refractivity contribution in [1.82, 2.24) is 29.1 Å². The molecule has 0 bridgehead atoms. The van der Waals surface area contributed by atoms with Gasteiger partial charge >= 0.3 is 0 Å². The summed E-state index contributed by atoms with van der Waals surface area (Å²) in [5, 5.41) is 6.37. The molecule has 0 unspecified atom stereocenters. The van der Waals surface area contributed by atoms with E-state index in [1.54, 1.807) is 22.8 Å². The highest BCUT2D eigenvalue weighted by molar-refractivity contribution is 5.96. The maximum atomic E-state index is 13.8. The number of fused-ring (bicyclic) bond motifs is 3. The lowest BCUT2D eigenvalue weighted by Crippen LogP contribution is -2.01. The fourth-order valence-electron chi connectivity index (χ4n) is 3.99. The Morgan fingerprint density at radius 1 is 1.03 bits per heavy atom. The summed E-state index contributed by atoms with van der Waals surface area (Å²) in [6, 6.07) is 12.2. The zero-order valence-electron chi connectivity index (χ0n) is 16.0. The summed E-state index contributed by atoms with van der Waals surface area (Å²) < 4.78 is 17.3. The van der Waals surface area contributed by atoms with Crippen molar-refractivity contribution in [2.24, 2.45) is 7.05 Å². The molecule has 0 saturated heterocycles. The van der Waals surface area contributed by atoms with E-state index < -0.39 is 0 Å². The van der Waals surface area contributed by atoms with Gasteiger partial charge < -0.3 is 15.3 Å². The van der Waals surface area contributed by atoms with Crippen LogP contribution in [-0.4, -0.2) is 29.1 Å². The summed E-state index contributed by atoms with van der Waals surface area (Å²) in [5.41, 5.74) is 11.8. The number of pyridine rings is 1. The number of aromatic nitrogens is 6. The highest BCUT2D eigenvalue weighted by Crippen LogP contribution is 2.32. The topological polar surface area (TPSA) is 89.8 Å². The molecule has 7 nitrogen and oxygen atoms in total. The number of H-pyrrole nitrogens is 1. The number of nitrogens with one attached hydrogen (secondary N) is 1. The second kappa shape index (κ2) is 5.90. The van der Waals surface area contributed by atoms with Gasteiger partial charge in [0.25, 0.3) is 0 Å². The Morgan fingerprint density at radius 3 is 2.83 bits per heavy atom. The molecule has 8 heteroatoms. The van der Waals surface area contributed by atoms with Crippen LogP contribution in [0.15, 0.2) is 61.1 Å². The molecule has 3 N–H and O–H groups in total. The van der Waals surface area contributed by atoms with E-state index in [4.69, 9.17) is 10.7 Å². The van der Waals surface area contributed by atoms with Crippen molar-refractivity contribution in [2.45, 2.75) is 0 Å². The minimum atomic E-state index is -0.295. The molecule has 0 fully saturated rings. The maximum Gasteiger partial charge on any atom is 0.158 e. The van der Waals surface area contributed by atoms with Gasteiger partial charge in [0.2, 0.25) is 0 Å². The third kappa shape index (κ3) is 2.33. The lowest BCUT2D eigenvalue weighted by Gasteiger charge is -2.03. The molecule has 5 aromatic heterocycles. The van der Waals surface area contributed by atoms with Crippen molar-refractivity contribution in [1.29, 1.82) is 0 Å². The second-order valence-electron chi connectivity index (χ2n) is 7.29. The number of nitrogens with two attached hydrogens (primary N) is 1. The van der Waals surface area contributed by atoms with Crippen molar-refractivity contribution in [3.05, 3.63) is 66.9 Å². The summed E-state index contributed by atoms with van der Waals surface area (Å²) in [6.45, 7) is 0. The zero-order valence-corrected chi connectivity index (χ0v) is 16.0. The van der Waals surface area contributed by atoms with Crippen molar-refractivity contribution < 1.29 is 4.39 Å². The quantitative estimate of drug-likeness (QED) is 0.459. The van der Waals surface area contributed by atoms with Gasteiger partial charge in [-0.1, -0.05) is 0 Å². The van der Waals surface area contributed by atoms with Gasteiger partial charge in [-0.25, -0.2) is 14.4 Å². The lowest BCUT2D eigenvalue weighted by atomic mass is 10.1. The Kier molecular flexibility index (Phi) is 3.29. The third-order valence-corrected chi connectivity index (χ3v) is 5.38. The average Bonchev–Trinajstić information content (AvgIpc) is 3.43. The molecular formula is C22H16FN7. The molecule has 6 aromatic rings. The number of anilines is 1. The Morgan fingerprint density at radius 2 is 1.93 bits per heavy atom. The molecule has 5 heterocycles. The van der Waals surface area contributed by atoms with Gasteiger partial charge in [-0.05, 0) is 30.3 Å². The molecule has 0 atom stereocenters. The van der Waals surface area contributed by atoms with Gasteiger partial charge in [0, 0.05) is 65.2 Å². The van der Waals surface area contributed by atoms with E-state index in [9.17, 15) is 4.39 Å². The minimum Gasteiger partial charge on any atom is -0.384 e. The molecule has 1 aromatic carbocycles. The van der Waals surface area contributed by atoms with E-state index in [0.29, 0.717) is 17.2 Å². The van der Waals surface area contributed by atoms with Crippen molar-refractivity contribution in [3.8, 4) is 22.5 Å². The first kappa shape index (κ1) is 16.7. The molecule has 0 aliphatic heterocycles. The van der Waals surface area contributed by atoms with Crippen LogP contribution < -0.4 is 5.73 Å². The van der Waals surface area contributed by atoms with Gasteiger partial charge in [-0.15, -0.1) is 0 Å². The molecule has 6 rings (SSSR count). The smallest absolute Gasteiger partial charge is 0.158 e. The monoisotopic (exact) mass is 397 g/mol. The summed E-state index contributed by atoms with van der Waals surface area (Å²) >= 11 is 0. The molecule has 0 aliphatic rings. The number of hydrogen-bond donors (Lipinski definition) is 2. The van der Waals surface area contributed by atoms with Crippen LogP contribution >= 0.6 is 0 Å². The number of rotatable bonds is 2. The fraction of sp³-hybridized carbons (Fsp3) is 0.0455. The molecule has 0 spiro atoms. The summed E-state index contributed by atoms with van der Waals surface area (Å²) in [6.07, 6.45) is 5.58. The van der Waals surface area contributed by atoms with Gasteiger partial charge in [-0.3, -0.25) is 0 Å². The largest absolute Gasteiger partial charge is 0.384 e. The van der Waals surface area contributed by atoms with Crippen LogP contribution in [0.5, 0.6) is 0 Å². The van der Waals surface area contributed by atoms with Crippen LogP contribution in [0.25, 0.3) is 50.1 Å².